The summed E-state index contributed by atoms with van der Waals surface area (Å²) in [6, 6.07) is 0. The number of aromatic amines is 1. The number of hydrogen-bond acceptors (Lipinski definition) is 6. The van der Waals surface area contributed by atoms with Crippen molar-refractivity contribution in [3.8, 4) is 0 Å². The molecule has 4 N–H and O–H groups in total. The van der Waals surface area contributed by atoms with E-state index in [0.29, 0.717) is 12.1 Å². The van der Waals surface area contributed by atoms with Gasteiger partial charge >= 0.3 is 0 Å². The molecule has 0 aliphatic carbocycles. The smallest absolute Gasteiger partial charge is 0.280 e. The molecule has 8 heteroatoms. The second-order valence-electron chi connectivity index (χ2n) is 5.15. The number of ether oxygens (including phenoxy) is 1. The van der Waals surface area contributed by atoms with E-state index in [1.807, 2.05) is 0 Å². The third kappa shape index (κ3) is 2.06. The zero-order chi connectivity index (χ0) is 14.3. The summed E-state index contributed by atoms with van der Waals surface area (Å²) in [7, 11) is 0. The van der Waals surface area contributed by atoms with Crippen LogP contribution in [0.2, 0.25) is 0 Å². The zero-order valence-corrected chi connectivity index (χ0v) is 11.1. The summed E-state index contributed by atoms with van der Waals surface area (Å²) in [5.41, 5.74) is 5.90. The Balaban J connectivity index is 2.01. The first-order valence-electron chi connectivity index (χ1n) is 6.58. The van der Waals surface area contributed by atoms with Crippen LogP contribution in [-0.2, 0) is 4.74 Å². The molecule has 3 heterocycles. The summed E-state index contributed by atoms with van der Waals surface area (Å²) in [4.78, 5) is 22.4. The second kappa shape index (κ2) is 4.88. The van der Waals surface area contributed by atoms with Crippen molar-refractivity contribution in [3.05, 3.63) is 16.7 Å². The lowest BCUT2D eigenvalue weighted by atomic mass is 10.0. The highest BCUT2D eigenvalue weighted by atomic mass is 16.5. The first-order valence-corrected chi connectivity index (χ1v) is 6.58. The standard InChI is InChI=1S/C12H17N5O3/c1-6-4-7(2-3-18)20-11(6)17-5-14-8-9(17)15-12(13)16-10(8)19/h5-7,11,18H,2-4H2,1H3,(H3,13,15,16,19)/t6-,7+,11+/m0/s1. The number of hydrogen-bond donors (Lipinski definition) is 3. The lowest BCUT2D eigenvalue weighted by molar-refractivity contribution is -0.0164. The number of aromatic nitrogens is 4. The molecule has 1 saturated heterocycles. The highest BCUT2D eigenvalue weighted by Crippen LogP contribution is 2.36. The number of anilines is 1. The van der Waals surface area contributed by atoms with Crippen molar-refractivity contribution in [2.45, 2.75) is 32.1 Å². The third-order valence-corrected chi connectivity index (χ3v) is 3.63. The molecule has 0 aromatic carbocycles. The molecule has 0 saturated carbocycles. The molecular formula is C12H17N5O3. The van der Waals surface area contributed by atoms with Crippen LogP contribution in [0.5, 0.6) is 0 Å². The van der Waals surface area contributed by atoms with Gasteiger partial charge in [0.15, 0.2) is 11.2 Å². The summed E-state index contributed by atoms with van der Waals surface area (Å²) in [6.45, 7) is 2.16. The number of nitrogens with two attached hydrogens (primary N) is 1. The summed E-state index contributed by atoms with van der Waals surface area (Å²) in [6.07, 6.45) is 2.77. The van der Waals surface area contributed by atoms with E-state index in [0.717, 1.165) is 6.42 Å². The number of imidazole rings is 1. The Bertz CT molecular complexity index is 679. The molecule has 20 heavy (non-hydrogen) atoms. The molecule has 108 valence electrons. The molecule has 2 aromatic rings. The Morgan fingerprint density at radius 1 is 1.65 bits per heavy atom. The van der Waals surface area contributed by atoms with E-state index in [1.165, 1.54) is 0 Å². The molecule has 1 aliphatic heterocycles. The van der Waals surface area contributed by atoms with Gasteiger partial charge in [0.2, 0.25) is 5.95 Å². The maximum Gasteiger partial charge on any atom is 0.280 e. The molecule has 0 unspecified atom stereocenters. The fourth-order valence-corrected chi connectivity index (χ4v) is 2.72. The van der Waals surface area contributed by atoms with Gasteiger partial charge in [-0.1, -0.05) is 6.92 Å². The van der Waals surface area contributed by atoms with Crippen LogP contribution >= 0.6 is 0 Å². The Labute approximate surface area is 114 Å². The average molecular weight is 279 g/mol. The second-order valence-corrected chi connectivity index (χ2v) is 5.15. The van der Waals surface area contributed by atoms with E-state index in [1.54, 1.807) is 10.9 Å². The lowest BCUT2D eigenvalue weighted by Crippen LogP contribution is -2.17. The maximum atomic E-state index is 11.8. The minimum Gasteiger partial charge on any atom is -0.396 e. The number of fused-ring (bicyclic) bond motifs is 1. The van der Waals surface area contributed by atoms with Crippen molar-refractivity contribution in [3.63, 3.8) is 0 Å². The van der Waals surface area contributed by atoms with Gasteiger partial charge in [-0.05, 0) is 12.8 Å². The number of nitrogens with zero attached hydrogens (tertiary/aromatic N) is 3. The van der Waals surface area contributed by atoms with Gasteiger partial charge in [-0.15, -0.1) is 0 Å². The van der Waals surface area contributed by atoms with Gasteiger partial charge in [-0.3, -0.25) is 14.3 Å². The molecule has 2 aromatic heterocycles. The quantitative estimate of drug-likeness (QED) is 0.728. The average Bonchev–Trinajstić information content (AvgIpc) is 2.93. The van der Waals surface area contributed by atoms with E-state index in [9.17, 15) is 4.79 Å². The Kier molecular flexibility index (Phi) is 3.19. The van der Waals surface area contributed by atoms with Crippen LogP contribution in [0.15, 0.2) is 11.1 Å². The minimum absolute atomic E-state index is 0.0109. The molecule has 0 amide bonds. The van der Waals surface area contributed by atoms with E-state index in [2.05, 4.69) is 21.9 Å². The van der Waals surface area contributed by atoms with Crippen molar-refractivity contribution >= 4 is 17.1 Å². The van der Waals surface area contributed by atoms with Gasteiger partial charge in [0.25, 0.3) is 5.56 Å². The largest absolute Gasteiger partial charge is 0.396 e. The van der Waals surface area contributed by atoms with Crippen LogP contribution in [0.1, 0.15) is 26.0 Å². The van der Waals surface area contributed by atoms with Crippen molar-refractivity contribution < 1.29 is 9.84 Å². The fourth-order valence-electron chi connectivity index (χ4n) is 2.72. The maximum absolute atomic E-state index is 11.8. The van der Waals surface area contributed by atoms with Crippen molar-refractivity contribution in [2.75, 3.05) is 12.3 Å². The predicted octanol–water partition coefficient (Wildman–Crippen LogP) is 0.00780. The fraction of sp³-hybridized carbons (Fsp3) is 0.583. The van der Waals surface area contributed by atoms with E-state index >= 15 is 0 Å². The first kappa shape index (κ1) is 13.1. The first-order chi connectivity index (χ1) is 9.60. The van der Waals surface area contributed by atoms with Crippen LogP contribution in [-0.4, -0.2) is 37.3 Å². The molecule has 0 spiro atoms. The Hall–Kier alpha value is -1.93. The molecular weight excluding hydrogens is 262 g/mol. The summed E-state index contributed by atoms with van der Waals surface area (Å²) in [5.74, 6) is 0.299. The number of nitrogens with one attached hydrogen (secondary N) is 1. The predicted molar refractivity (Wildman–Crippen MR) is 72.0 cm³/mol. The summed E-state index contributed by atoms with van der Waals surface area (Å²) in [5, 5.41) is 9.00. The van der Waals surface area contributed by atoms with E-state index < -0.39 is 0 Å². The molecule has 3 rings (SSSR count). The topological polar surface area (TPSA) is 119 Å². The monoisotopic (exact) mass is 279 g/mol. The van der Waals surface area contributed by atoms with Gasteiger partial charge in [0, 0.05) is 12.5 Å². The van der Waals surface area contributed by atoms with E-state index in [4.69, 9.17) is 15.6 Å². The third-order valence-electron chi connectivity index (χ3n) is 3.63. The lowest BCUT2D eigenvalue weighted by Gasteiger charge is -2.17. The van der Waals surface area contributed by atoms with Crippen molar-refractivity contribution in [1.82, 2.24) is 19.5 Å². The summed E-state index contributed by atoms with van der Waals surface area (Å²) >= 11 is 0. The van der Waals surface area contributed by atoms with Gasteiger partial charge in [-0.2, -0.15) is 4.98 Å². The summed E-state index contributed by atoms with van der Waals surface area (Å²) < 4.78 is 7.66. The number of rotatable bonds is 3. The van der Waals surface area contributed by atoms with Crippen LogP contribution in [0.3, 0.4) is 0 Å². The van der Waals surface area contributed by atoms with Crippen molar-refractivity contribution in [2.24, 2.45) is 5.92 Å². The normalized spacial score (nSPS) is 26.4. The number of aliphatic hydroxyl groups is 1. The molecule has 1 fully saturated rings. The minimum atomic E-state index is -0.358. The number of aliphatic hydroxyl groups excluding tert-OH is 1. The van der Waals surface area contributed by atoms with Gasteiger partial charge in [0.05, 0.1) is 12.4 Å². The van der Waals surface area contributed by atoms with Gasteiger partial charge in [-0.25, -0.2) is 4.98 Å². The number of nitrogen functional groups attached to an aromatic ring is 1. The van der Waals surface area contributed by atoms with Crippen LogP contribution in [0, 0.1) is 5.92 Å². The highest BCUT2D eigenvalue weighted by Gasteiger charge is 2.34. The van der Waals surface area contributed by atoms with Gasteiger partial charge < -0.3 is 15.6 Å². The van der Waals surface area contributed by atoms with E-state index in [-0.39, 0.29) is 41.9 Å². The molecule has 0 bridgehead atoms. The highest BCUT2D eigenvalue weighted by molar-refractivity contribution is 5.70. The molecule has 3 atom stereocenters. The number of H-pyrrole nitrogens is 1. The SMILES string of the molecule is C[C@H]1C[C@@H](CCO)O[C@H]1n1cnc2c(=O)[nH]c(N)nc21. The van der Waals surface area contributed by atoms with Crippen LogP contribution in [0.4, 0.5) is 5.95 Å². The molecule has 1 aliphatic rings. The van der Waals surface area contributed by atoms with Gasteiger partial charge in [0.1, 0.15) is 6.23 Å². The molecule has 8 nitrogen and oxygen atoms in total. The Morgan fingerprint density at radius 3 is 3.20 bits per heavy atom. The van der Waals surface area contributed by atoms with Crippen LogP contribution < -0.4 is 11.3 Å². The zero-order valence-electron chi connectivity index (χ0n) is 11.1. The van der Waals surface area contributed by atoms with Crippen LogP contribution in [0.25, 0.3) is 11.2 Å². The van der Waals surface area contributed by atoms with Crippen molar-refractivity contribution in [1.29, 1.82) is 0 Å². The Morgan fingerprint density at radius 2 is 2.45 bits per heavy atom. The molecule has 0 radical (unpaired) electrons.